The van der Waals surface area contributed by atoms with Crippen molar-refractivity contribution in [3.63, 3.8) is 0 Å². The Labute approximate surface area is 200 Å². The Morgan fingerprint density at radius 3 is 2.21 bits per heavy atom. The van der Waals surface area contributed by atoms with Crippen LogP contribution in [0.5, 0.6) is 0 Å². The number of nitrogens with one attached hydrogen (secondary N) is 1. The third kappa shape index (κ3) is 4.52. The van der Waals surface area contributed by atoms with Crippen molar-refractivity contribution in [1.82, 2.24) is 10.2 Å². The van der Waals surface area contributed by atoms with Gasteiger partial charge in [0, 0.05) is 30.3 Å². The molecule has 34 heavy (non-hydrogen) atoms. The van der Waals surface area contributed by atoms with Gasteiger partial charge in [0.05, 0.1) is 0 Å². The van der Waals surface area contributed by atoms with Gasteiger partial charge in [0.1, 0.15) is 12.6 Å². The van der Waals surface area contributed by atoms with Gasteiger partial charge in [0.2, 0.25) is 5.91 Å². The number of hydrogen-bond donors (Lipinski definition) is 2. The molecule has 0 bridgehead atoms. The topological polar surface area (TPSA) is 95.9 Å². The number of likely N-dealkylation sites (tertiary alicyclic amines) is 1. The molecule has 0 aromatic heterocycles. The molecule has 1 unspecified atom stereocenters. The van der Waals surface area contributed by atoms with Crippen LogP contribution in [0.3, 0.4) is 0 Å². The molecule has 2 aromatic carbocycles. The summed E-state index contributed by atoms with van der Waals surface area (Å²) in [6, 6.07) is 15.0. The summed E-state index contributed by atoms with van der Waals surface area (Å²) in [5.41, 5.74) is 4.13. The fraction of sp³-hybridized carbons (Fsp3) is 0.444. The van der Waals surface area contributed by atoms with E-state index < -0.39 is 29.6 Å². The van der Waals surface area contributed by atoms with Gasteiger partial charge in [-0.05, 0) is 28.7 Å². The Morgan fingerprint density at radius 1 is 1.09 bits per heavy atom. The smallest absolute Gasteiger partial charge is 0.407 e. The van der Waals surface area contributed by atoms with Crippen LogP contribution < -0.4 is 5.32 Å². The lowest BCUT2D eigenvalue weighted by molar-refractivity contribution is -0.172. The first kappa shape index (κ1) is 23.8. The Morgan fingerprint density at radius 2 is 1.68 bits per heavy atom. The third-order valence-corrected chi connectivity index (χ3v) is 6.91. The largest absolute Gasteiger partial charge is 0.480 e. The summed E-state index contributed by atoms with van der Waals surface area (Å²) in [7, 11) is 0. The maximum atomic E-state index is 12.8. The van der Waals surface area contributed by atoms with Crippen molar-refractivity contribution in [2.75, 3.05) is 13.2 Å². The van der Waals surface area contributed by atoms with Crippen molar-refractivity contribution >= 4 is 18.0 Å². The second-order valence-electron chi connectivity index (χ2n) is 9.91. The first-order valence-corrected chi connectivity index (χ1v) is 11.9. The van der Waals surface area contributed by atoms with Crippen LogP contribution in [0.4, 0.5) is 4.79 Å². The lowest BCUT2D eigenvalue weighted by atomic mass is 9.74. The highest BCUT2D eigenvalue weighted by molar-refractivity contribution is 5.87. The van der Waals surface area contributed by atoms with E-state index in [9.17, 15) is 19.5 Å². The number of amides is 2. The Hall–Kier alpha value is -3.35. The van der Waals surface area contributed by atoms with Crippen molar-refractivity contribution in [2.45, 2.75) is 58.0 Å². The molecule has 7 nitrogen and oxygen atoms in total. The molecular formula is C27H32N2O5. The first-order valence-electron chi connectivity index (χ1n) is 11.9. The average Bonchev–Trinajstić information content (AvgIpc) is 3.09. The van der Waals surface area contributed by atoms with Gasteiger partial charge >= 0.3 is 12.1 Å². The highest BCUT2D eigenvalue weighted by Crippen LogP contribution is 2.44. The van der Waals surface area contributed by atoms with E-state index in [1.807, 2.05) is 45.0 Å². The zero-order valence-corrected chi connectivity index (χ0v) is 19.9. The highest BCUT2D eigenvalue weighted by Gasteiger charge is 2.52. The SMILES string of the molecule is CCC[C@H](CC(=O)N1CC(C)(C)C1C(=O)O)NC(=O)OCC1c2ccccc2-c2ccccc21. The number of benzene rings is 2. The Bertz CT molecular complexity index is 1050. The molecule has 0 spiro atoms. The lowest BCUT2D eigenvalue weighted by Gasteiger charge is -2.52. The average molecular weight is 465 g/mol. The number of carboxylic acid groups (broad SMARTS) is 1. The number of carbonyl (C=O) groups excluding carboxylic acids is 2. The Kier molecular flexibility index (Phi) is 6.64. The molecule has 1 fully saturated rings. The fourth-order valence-electron chi connectivity index (χ4n) is 5.33. The molecule has 2 aromatic rings. The van der Waals surface area contributed by atoms with Gasteiger partial charge in [0.15, 0.2) is 0 Å². The van der Waals surface area contributed by atoms with Gasteiger partial charge in [-0.3, -0.25) is 4.79 Å². The number of fused-ring (bicyclic) bond motifs is 3. The van der Waals surface area contributed by atoms with E-state index in [-0.39, 0.29) is 24.9 Å². The maximum Gasteiger partial charge on any atom is 0.407 e. The van der Waals surface area contributed by atoms with Crippen molar-refractivity contribution in [3.8, 4) is 11.1 Å². The predicted octanol–water partition coefficient (Wildman–Crippen LogP) is 4.41. The summed E-state index contributed by atoms with van der Waals surface area (Å²) in [6.07, 6.45) is 0.866. The van der Waals surface area contributed by atoms with Crippen LogP contribution >= 0.6 is 0 Å². The molecule has 2 amide bonds. The zero-order valence-electron chi connectivity index (χ0n) is 19.9. The van der Waals surface area contributed by atoms with Gasteiger partial charge in [-0.15, -0.1) is 0 Å². The summed E-state index contributed by atoms with van der Waals surface area (Å²) in [4.78, 5) is 38.5. The quantitative estimate of drug-likeness (QED) is 0.604. The minimum atomic E-state index is -0.999. The summed E-state index contributed by atoms with van der Waals surface area (Å²) in [5.74, 6) is -1.30. The molecule has 180 valence electrons. The molecule has 1 aliphatic heterocycles. The number of alkyl carbamates (subject to hydrolysis) is 1. The molecule has 1 saturated heterocycles. The molecule has 1 aliphatic carbocycles. The minimum Gasteiger partial charge on any atom is -0.480 e. The predicted molar refractivity (Wildman–Crippen MR) is 128 cm³/mol. The maximum absolute atomic E-state index is 12.8. The third-order valence-electron chi connectivity index (χ3n) is 6.91. The van der Waals surface area contributed by atoms with Gasteiger partial charge in [-0.1, -0.05) is 75.7 Å². The summed E-state index contributed by atoms with van der Waals surface area (Å²) in [5, 5.41) is 12.3. The van der Waals surface area contributed by atoms with Crippen LogP contribution in [0.2, 0.25) is 0 Å². The van der Waals surface area contributed by atoms with Crippen LogP contribution in [0.15, 0.2) is 48.5 Å². The van der Waals surface area contributed by atoms with E-state index in [0.29, 0.717) is 13.0 Å². The lowest BCUT2D eigenvalue weighted by Crippen LogP contribution is -2.67. The van der Waals surface area contributed by atoms with Gasteiger partial charge in [-0.25, -0.2) is 9.59 Å². The van der Waals surface area contributed by atoms with E-state index >= 15 is 0 Å². The molecule has 7 heteroatoms. The van der Waals surface area contributed by atoms with Crippen molar-refractivity contribution in [3.05, 3.63) is 59.7 Å². The van der Waals surface area contributed by atoms with E-state index in [2.05, 4.69) is 29.6 Å². The number of aliphatic carboxylic acids is 1. The minimum absolute atomic E-state index is 0.0379. The Balaban J connectivity index is 1.37. The molecule has 0 saturated carbocycles. The second-order valence-corrected chi connectivity index (χ2v) is 9.91. The molecule has 2 N–H and O–H groups in total. The summed E-state index contributed by atoms with van der Waals surface area (Å²) < 4.78 is 5.62. The van der Waals surface area contributed by atoms with Crippen molar-refractivity contribution in [2.24, 2.45) is 5.41 Å². The fourth-order valence-corrected chi connectivity index (χ4v) is 5.33. The molecule has 2 aliphatic rings. The van der Waals surface area contributed by atoms with Crippen molar-refractivity contribution < 1.29 is 24.2 Å². The number of carboxylic acids is 1. The standard InChI is InChI=1S/C27H32N2O5/c1-4-9-17(14-23(30)29-16-27(2,3)24(29)25(31)32)28-26(33)34-15-22-20-12-7-5-10-18(20)19-11-6-8-13-21(19)22/h5-8,10-13,17,22,24H,4,9,14-16H2,1-3H3,(H,28,33)(H,31,32)/t17-,24?/m1/s1. The first-order chi connectivity index (χ1) is 16.2. The van der Waals surface area contributed by atoms with Gasteiger partial charge < -0.3 is 20.1 Å². The number of hydrogen-bond acceptors (Lipinski definition) is 4. The van der Waals surface area contributed by atoms with Crippen LogP contribution in [0.1, 0.15) is 57.1 Å². The number of ether oxygens (including phenoxy) is 1. The van der Waals surface area contributed by atoms with Crippen LogP contribution in [-0.2, 0) is 14.3 Å². The summed E-state index contributed by atoms with van der Waals surface area (Å²) >= 11 is 0. The number of carbonyl (C=O) groups is 3. The van der Waals surface area contributed by atoms with Gasteiger partial charge in [0.25, 0.3) is 0 Å². The van der Waals surface area contributed by atoms with E-state index in [0.717, 1.165) is 28.7 Å². The molecule has 0 radical (unpaired) electrons. The number of rotatable bonds is 8. The highest BCUT2D eigenvalue weighted by atomic mass is 16.5. The molecule has 1 heterocycles. The number of nitrogens with zero attached hydrogens (tertiary/aromatic N) is 1. The van der Waals surface area contributed by atoms with Crippen LogP contribution in [-0.4, -0.2) is 53.2 Å². The van der Waals surface area contributed by atoms with Crippen LogP contribution in [0, 0.1) is 5.41 Å². The van der Waals surface area contributed by atoms with E-state index in [1.165, 1.54) is 4.90 Å². The normalized spacial score (nSPS) is 18.9. The monoisotopic (exact) mass is 464 g/mol. The van der Waals surface area contributed by atoms with Gasteiger partial charge in [-0.2, -0.15) is 0 Å². The molecule has 4 rings (SSSR count). The van der Waals surface area contributed by atoms with E-state index in [4.69, 9.17) is 4.74 Å². The molecular weight excluding hydrogens is 432 g/mol. The summed E-state index contributed by atoms with van der Waals surface area (Å²) in [6.45, 7) is 6.26. The van der Waals surface area contributed by atoms with Crippen LogP contribution in [0.25, 0.3) is 11.1 Å². The zero-order chi connectivity index (χ0) is 24.5. The van der Waals surface area contributed by atoms with E-state index in [1.54, 1.807) is 0 Å². The van der Waals surface area contributed by atoms with Crippen molar-refractivity contribution in [1.29, 1.82) is 0 Å². The molecule has 2 atom stereocenters. The second kappa shape index (κ2) is 9.49.